The molecule has 1 aliphatic rings. The van der Waals surface area contributed by atoms with Crippen molar-refractivity contribution in [3.8, 4) is 11.1 Å². The van der Waals surface area contributed by atoms with Crippen LogP contribution in [0.4, 0.5) is 4.39 Å². The predicted molar refractivity (Wildman–Crippen MR) is 114 cm³/mol. The molecule has 0 aliphatic carbocycles. The average molecular weight is 435 g/mol. The molecule has 0 saturated carbocycles. The molecular weight excluding hydrogens is 414 g/mol. The van der Waals surface area contributed by atoms with Gasteiger partial charge in [0, 0.05) is 53.8 Å². The van der Waals surface area contributed by atoms with Crippen LogP contribution in [0.3, 0.4) is 0 Å². The molecule has 2 aromatic carbocycles. The molecule has 29 heavy (non-hydrogen) atoms. The van der Waals surface area contributed by atoms with Crippen LogP contribution >= 0.6 is 23.2 Å². The Bertz CT molecular complexity index is 940. The van der Waals surface area contributed by atoms with Crippen molar-refractivity contribution in [3.63, 3.8) is 0 Å². The summed E-state index contributed by atoms with van der Waals surface area (Å²) in [4.78, 5) is 27.6. The van der Waals surface area contributed by atoms with Gasteiger partial charge in [0.15, 0.2) is 0 Å². The summed E-state index contributed by atoms with van der Waals surface area (Å²) < 4.78 is 13.6. The lowest BCUT2D eigenvalue weighted by Crippen LogP contribution is -2.50. The van der Waals surface area contributed by atoms with Gasteiger partial charge in [-0.3, -0.25) is 9.59 Å². The van der Waals surface area contributed by atoms with Crippen LogP contribution in [0, 0.1) is 5.82 Å². The Morgan fingerprint density at radius 2 is 1.55 bits per heavy atom. The van der Waals surface area contributed by atoms with Crippen LogP contribution in [-0.2, 0) is 16.0 Å². The Kier molecular flexibility index (Phi) is 6.93. The third-order valence-corrected chi connectivity index (χ3v) is 5.65. The second-order valence-corrected chi connectivity index (χ2v) is 7.66. The molecule has 0 bridgehead atoms. The molecule has 1 heterocycles. The van der Waals surface area contributed by atoms with Gasteiger partial charge in [-0.2, -0.15) is 0 Å². The lowest BCUT2D eigenvalue weighted by molar-refractivity contribution is -0.137. The lowest BCUT2D eigenvalue weighted by Gasteiger charge is -2.34. The first kappa shape index (κ1) is 21.3. The van der Waals surface area contributed by atoms with E-state index in [2.05, 4.69) is 6.58 Å². The number of nitrogens with zero attached hydrogens (tertiary/aromatic N) is 2. The number of aryl methyl sites for hydroxylation is 1. The highest BCUT2D eigenvalue weighted by atomic mass is 35.5. The third kappa shape index (κ3) is 5.17. The minimum Gasteiger partial charge on any atom is -0.339 e. The Morgan fingerprint density at radius 1 is 0.966 bits per heavy atom. The van der Waals surface area contributed by atoms with Crippen LogP contribution in [-0.4, -0.2) is 47.8 Å². The van der Waals surface area contributed by atoms with Crippen LogP contribution in [0.15, 0.2) is 49.1 Å². The van der Waals surface area contributed by atoms with Crippen LogP contribution in [0.2, 0.25) is 10.0 Å². The van der Waals surface area contributed by atoms with E-state index in [1.165, 1.54) is 24.3 Å². The zero-order valence-corrected chi connectivity index (χ0v) is 17.3. The van der Waals surface area contributed by atoms with Gasteiger partial charge in [0.2, 0.25) is 11.8 Å². The molecule has 152 valence electrons. The second-order valence-electron chi connectivity index (χ2n) is 6.85. The van der Waals surface area contributed by atoms with Crippen LogP contribution in [0.5, 0.6) is 0 Å². The van der Waals surface area contributed by atoms with E-state index in [4.69, 9.17) is 23.2 Å². The molecule has 2 aromatic rings. The van der Waals surface area contributed by atoms with Crippen molar-refractivity contribution in [3.05, 3.63) is 70.5 Å². The Labute approximate surface area is 179 Å². The second kappa shape index (κ2) is 9.42. The first-order chi connectivity index (χ1) is 13.9. The summed E-state index contributed by atoms with van der Waals surface area (Å²) in [6.45, 7) is 5.55. The largest absolute Gasteiger partial charge is 0.339 e. The van der Waals surface area contributed by atoms with Gasteiger partial charge < -0.3 is 9.80 Å². The van der Waals surface area contributed by atoms with E-state index < -0.39 is 5.82 Å². The lowest BCUT2D eigenvalue weighted by atomic mass is 10.0. The molecule has 7 heteroatoms. The molecule has 1 saturated heterocycles. The number of piperazine rings is 1. The van der Waals surface area contributed by atoms with Gasteiger partial charge in [0.25, 0.3) is 0 Å². The molecule has 4 nitrogen and oxygen atoms in total. The highest BCUT2D eigenvalue weighted by molar-refractivity contribution is 6.36. The topological polar surface area (TPSA) is 40.6 Å². The smallest absolute Gasteiger partial charge is 0.246 e. The van der Waals surface area contributed by atoms with Crippen molar-refractivity contribution in [2.75, 3.05) is 26.2 Å². The standard InChI is InChI=1S/C22H21Cl2FN2O2/c1-2-21(28)26-9-11-27(12-10-26)22(29)8-4-15-3-6-19(23)17(13-15)18-14-16(25)5-7-20(18)24/h2-3,5-7,13-14H,1,4,8-12H2. The minimum atomic E-state index is -0.393. The molecule has 1 aliphatic heterocycles. The molecule has 3 rings (SSSR count). The van der Waals surface area contributed by atoms with Crippen molar-refractivity contribution in [1.82, 2.24) is 9.80 Å². The average Bonchev–Trinajstić information content (AvgIpc) is 2.74. The summed E-state index contributed by atoms with van der Waals surface area (Å²) in [5.74, 6) is -0.465. The number of benzene rings is 2. The van der Waals surface area contributed by atoms with E-state index in [9.17, 15) is 14.0 Å². The quantitative estimate of drug-likeness (QED) is 0.645. The number of amides is 2. The Morgan fingerprint density at radius 3 is 2.21 bits per heavy atom. The summed E-state index contributed by atoms with van der Waals surface area (Å²) in [7, 11) is 0. The summed E-state index contributed by atoms with van der Waals surface area (Å²) in [5, 5.41) is 0.879. The zero-order valence-electron chi connectivity index (χ0n) is 15.8. The van der Waals surface area contributed by atoms with E-state index >= 15 is 0 Å². The Balaban J connectivity index is 1.64. The van der Waals surface area contributed by atoms with E-state index in [0.717, 1.165) is 5.56 Å². The number of rotatable bonds is 5. The SMILES string of the molecule is C=CC(=O)N1CCN(C(=O)CCc2ccc(Cl)c(-c3cc(F)ccc3Cl)c2)CC1. The fraction of sp³-hybridized carbons (Fsp3) is 0.273. The van der Waals surface area contributed by atoms with E-state index in [1.807, 2.05) is 12.1 Å². The van der Waals surface area contributed by atoms with E-state index in [1.54, 1.807) is 15.9 Å². The van der Waals surface area contributed by atoms with Gasteiger partial charge >= 0.3 is 0 Å². The molecule has 0 radical (unpaired) electrons. The van der Waals surface area contributed by atoms with Crippen molar-refractivity contribution in [1.29, 1.82) is 0 Å². The van der Waals surface area contributed by atoms with Gasteiger partial charge in [0.05, 0.1) is 0 Å². The van der Waals surface area contributed by atoms with Gasteiger partial charge in [-0.15, -0.1) is 0 Å². The summed E-state index contributed by atoms with van der Waals surface area (Å²) >= 11 is 12.5. The highest BCUT2D eigenvalue weighted by Crippen LogP contribution is 2.34. The fourth-order valence-electron chi connectivity index (χ4n) is 3.35. The van der Waals surface area contributed by atoms with Gasteiger partial charge in [-0.1, -0.05) is 35.8 Å². The zero-order chi connectivity index (χ0) is 21.0. The molecule has 2 amide bonds. The molecule has 1 fully saturated rings. The molecule has 0 N–H and O–H groups in total. The third-order valence-electron chi connectivity index (χ3n) is 5.00. The van der Waals surface area contributed by atoms with Gasteiger partial charge in [-0.05, 0) is 48.4 Å². The first-order valence-corrected chi connectivity index (χ1v) is 10.1. The molecule has 0 atom stereocenters. The number of hydrogen-bond acceptors (Lipinski definition) is 2. The maximum Gasteiger partial charge on any atom is 0.246 e. The number of halogens is 3. The predicted octanol–water partition coefficient (Wildman–Crippen LogP) is 4.59. The number of hydrogen-bond donors (Lipinski definition) is 0. The summed E-state index contributed by atoms with van der Waals surface area (Å²) in [6, 6.07) is 9.57. The van der Waals surface area contributed by atoms with Crippen LogP contribution < -0.4 is 0 Å². The molecular formula is C22H21Cl2FN2O2. The van der Waals surface area contributed by atoms with E-state index in [0.29, 0.717) is 60.2 Å². The van der Waals surface area contributed by atoms with Crippen molar-refractivity contribution < 1.29 is 14.0 Å². The number of carbonyl (C=O) groups is 2. The Hall–Kier alpha value is -2.37. The molecule has 0 spiro atoms. The van der Waals surface area contributed by atoms with Crippen molar-refractivity contribution in [2.24, 2.45) is 0 Å². The monoisotopic (exact) mass is 434 g/mol. The van der Waals surface area contributed by atoms with Crippen molar-refractivity contribution in [2.45, 2.75) is 12.8 Å². The summed E-state index contributed by atoms with van der Waals surface area (Å²) in [6.07, 6.45) is 2.16. The fourth-order valence-corrected chi connectivity index (χ4v) is 3.79. The van der Waals surface area contributed by atoms with Gasteiger partial charge in [-0.25, -0.2) is 4.39 Å². The number of carbonyl (C=O) groups excluding carboxylic acids is 2. The van der Waals surface area contributed by atoms with Gasteiger partial charge in [0.1, 0.15) is 5.82 Å². The molecule has 0 aromatic heterocycles. The maximum atomic E-state index is 13.6. The summed E-state index contributed by atoms with van der Waals surface area (Å²) in [5.41, 5.74) is 2.07. The van der Waals surface area contributed by atoms with Crippen LogP contribution in [0.1, 0.15) is 12.0 Å². The van der Waals surface area contributed by atoms with Crippen LogP contribution in [0.25, 0.3) is 11.1 Å². The normalized spacial score (nSPS) is 14.0. The van der Waals surface area contributed by atoms with E-state index in [-0.39, 0.29) is 11.8 Å². The molecule has 0 unspecified atom stereocenters. The maximum absolute atomic E-state index is 13.6. The minimum absolute atomic E-state index is 0.0380. The first-order valence-electron chi connectivity index (χ1n) is 9.32. The highest BCUT2D eigenvalue weighted by Gasteiger charge is 2.22. The van der Waals surface area contributed by atoms with Crippen molar-refractivity contribution >= 4 is 35.0 Å².